The van der Waals surface area contributed by atoms with Gasteiger partial charge in [0.05, 0.1) is 6.16 Å². The first kappa shape index (κ1) is 15.4. The van der Waals surface area contributed by atoms with Crippen molar-refractivity contribution in [3.63, 3.8) is 0 Å². The summed E-state index contributed by atoms with van der Waals surface area (Å²) < 4.78 is 17.7. The summed E-state index contributed by atoms with van der Waals surface area (Å²) in [6.07, 6.45) is 1.89. The van der Waals surface area contributed by atoms with Gasteiger partial charge < -0.3 is 0 Å². The lowest BCUT2D eigenvalue weighted by Crippen LogP contribution is -2.33. The number of benzene rings is 3. The van der Waals surface area contributed by atoms with Crippen LogP contribution >= 0.6 is 7.26 Å². The van der Waals surface area contributed by atoms with E-state index >= 15 is 0 Å². The van der Waals surface area contributed by atoms with Crippen molar-refractivity contribution in [2.24, 2.45) is 0 Å². The first-order valence-corrected chi connectivity index (χ1v) is 11.1. The largest absolute Gasteiger partial charge is 0.112 e. The molecule has 0 N–H and O–H groups in total. The molecule has 0 unspecified atom stereocenters. The molecule has 0 saturated carbocycles. The van der Waals surface area contributed by atoms with Gasteiger partial charge in [0.1, 0.15) is 23.2 Å². The average molecular weight is 349 g/mol. The molecule has 0 nitrogen and oxygen atoms in total. The molecule has 0 atom stereocenters. The van der Waals surface area contributed by atoms with Crippen LogP contribution in [0, 0.1) is 0 Å². The Morgan fingerprint density at radius 3 is 1.40 bits per heavy atom. The maximum absolute atomic E-state index is 8.83. The molecule has 0 aliphatic heterocycles. The summed E-state index contributed by atoms with van der Waals surface area (Å²) in [4.78, 5) is 0. The zero-order chi connectivity index (χ0) is 19.2. The van der Waals surface area contributed by atoms with E-state index in [1.54, 1.807) is 0 Å². The maximum atomic E-state index is 8.83. The van der Waals surface area contributed by atoms with Gasteiger partial charge in [-0.1, -0.05) is 74.4 Å². The molecule has 0 radical (unpaired) electrons. The fourth-order valence-corrected chi connectivity index (χ4v) is 7.30. The highest BCUT2D eigenvalue weighted by Crippen LogP contribution is 2.55. The summed E-state index contributed by atoms with van der Waals surface area (Å²) in [5, 5.41) is 3.76. The highest BCUT2D eigenvalue weighted by Gasteiger charge is 2.44. The minimum atomic E-state index is -2.09. The van der Waals surface area contributed by atoms with E-state index in [-0.39, 0.29) is 0 Å². The van der Waals surface area contributed by atoms with Crippen LogP contribution in [0.5, 0.6) is 0 Å². The van der Waals surface area contributed by atoms with Gasteiger partial charge in [-0.3, -0.25) is 0 Å². The second-order valence-electron chi connectivity index (χ2n) is 6.33. The monoisotopic (exact) mass is 349 g/mol. The van der Waals surface area contributed by atoms with Gasteiger partial charge in [-0.15, -0.1) is 0 Å². The first-order valence-electron chi connectivity index (χ1n) is 10.1. The quantitative estimate of drug-likeness (QED) is 0.467. The van der Waals surface area contributed by atoms with E-state index < -0.39 is 13.6 Å². The number of hydrogen-bond donors (Lipinski definition) is 0. The molecule has 0 aliphatic carbocycles. The summed E-state index contributed by atoms with van der Waals surface area (Å²) in [5.74, 6) is 0. The van der Waals surface area contributed by atoms with Crippen molar-refractivity contribution in [3.8, 4) is 0 Å². The Labute approximate surface area is 156 Å². The van der Waals surface area contributed by atoms with Crippen LogP contribution < -0.4 is 15.9 Å². The predicted octanol–water partition coefficient (Wildman–Crippen LogP) is 5.56. The maximum Gasteiger partial charge on any atom is 0.112 e. The molecular formula is C24H28P+. The molecule has 0 aromatic heterocycles. The van der Waals surface area contributed by atoms with E-state index in [0.29, 0.717) is 12.6 Å². The highest BCUT2D eigenvalue weighted by molar-refractivity contribution is 7.95. The third-order valence-corrected chi connectivity index (χ3v) is 8.88. The van der Waals surface area contributed by atoms with E-state index in [1.165, 1.54) is 15.9 Å². The topological polar surface area (TPSA) is 0 Å². The van der Waals surface area contributed by atoms with Gasteiger partial charge in [-0.25, -0.2) is 0 Å². The molecule has 3 aromatic rings. The van der Waals surface area contributed by atoms with Gasteiger partial charge in [0.25, 0.3) is 0 Å². The predicted molar refractivity (Wildman–Crippen MR) is 114 cm³/mol. The summed E-state index contributed by atoms with van der Waals surface area (Å²) >= 11 is 0. The summed E-state index contributed by atoms with van der Waals surface area (Å²) in [5.41, 5.74) is 0. The molecule has 0 aliphatic rings. The minimum absolute atomic E-state index is 0.540. The molecule has 0 heterocycles. The van der Waals surface area contributed by atoms with Crippen LogP contribution in [-0.4, -0.2) is 6.16 Å². The van der Waals surface area contributed by atoms with Crippen LogP contribution in [0.3, 0.4) is 0 Å². The Bertz CT molecular complexity index is 720. The van der Waals surface area contributed by atoms with E-state index in [2.05, 4.69) is 79.7 Å². The van der Waals surface area contributed by atoms with Crippen LogP contribution in [0.15, 0.2) is 91.0 Å². The van der Waals surface area contributed by atoms with Crippen molar-refractivity contribution in [2.75, 3.05) is 6.16 Å². The third-order valence-electron chi connectivity index (χ3n) is 4.65. The van der Waals surface area contributed by atoms with Crippen LogP contribution in [-0.2, 0) is 0 Å². The lowest BCUT2D eigenvalue weighted by Gasteiger charge is -2.27. The van der Waals surface area contributed by atoms with Crippen molar-refractivity contribution in [3.05, 3.63) is 91.0 Å². The summed E-state index contributed by atoms with van der Waals surface area (Å²) in [6.45, 7) is 2.13. The summed E-state index contributed by atoms with van der Waals surface area (Å²) in [6, 6.07) is 31.7. The molecule has 128 valence electrons. The molecule has 0 amide bonds. The van der Waals surface area contributed by atoms with Crippen LogP contribution in [0.25, 0.3) is 0 Å². The second kappa shape index (κ2) is 8.97. The fourth-order valence-electron chi connectivity index (χ4n) is 3.32. The molecule has 3 aromatic carbocycles. The zero-order valence-corrected chi connectivity index (χ0v) is 15.8. The Morgan fingerprint density at radius 1 is 0.640 bits per heavy atom. The Balaban J connectivity index is 2.23. The van der Waals surface area contributed by atoms with Gasteiger partial charge in [-0.2, -0.15) is 0 Å². The van der Waals surface area contributed by atoms with Crippen molar-refractivity contribution in [1.82, 2.24) is 0 Å². The summed E-state index contributed by atoms with van der Waals surface area (Å²) in [7, 11) is -2.09. The van der Waals surface area contributed by atoms with Gasteiger partial charge in [-0.05, 0) is 49.2 Å². The standard InChI is InChI=1S/C24H28P/c1-2-3-4-14-21-25(22-15-8-5-9-16-22,23-17-10-6-11-18-23)24-19-12-7-13-20-24/h5-13,15-20H,2-4,14,21H2,1H3/q+1/i14D2. The molecule has 0 spiro atoms. The van der Waals surface area contributed by atoms with Gasteiger partial charge in [0, 0.05) is 2.74 Å². The van der Waals surface area contributed by atoms with Crippen molar-refractivity contribution < 1.29 is 2.74 Å². The molecule has 0 saturated heterocycles. The Morgan fingerprint density at radius 2 is 1.04 bits per heavy atom. The lowest BCUT2D eigenvalue weighted by atomic mass is 10.2. The number of rotatable bonds is 8. The van der Waals surface area contributed by atoms with Gasteiger partial charge in [0.15, 0.2) is 0 Å². The normalized spacial score (nSPS) is 13.2. The van der Waals surface area contributed by atoms with Crippen LogP contribution in [0.2, 0.25) is 0 Å². The van der Waals surface area contributed by atoms with Crippen LogP contribution in [0.1, 0.15) is 35.3 Å². The Kier molecular flexibility index (Phi) is 5.51. The molecule has 25 heavy (non-hydrogen) atoms. The smallest absolute Gasteiger partial charge is 0.0654 e. The fraction of sp³-hybridized carbons (Fsp3) is 0.250. The average Bonchev–Trinajstić information content (AvgIpc) is 2.72. The zero-order valence-electron chi connectivity index (χ0n) is 16.9. The van der Waals surface area contributed by atoms with Gasteiger partial charge in [0.2, 0.25) is 0 Å². The molecule has 3 rings (SSSR count). The van der Waals surface area contributed by atoms with E-state index in [0.717, 1.165) is 12.8 Å². The molecule has 0 bridgehead atoms. The highest BCUT2D eigenvalue weighted by atomic mass is 31.2. The van der Waals surface area contributed by atoms with Crippen molar-refractivity contribution >= 4 is 23.2 Å². The Hall–Kier alpha value is -1.91. The van der Waals surface area contributed by atoms with Crippen LogP contribution in [0.4, 0.5) is 0 Å². The lowest BCUT2D eigenvalue weighted by molar-refractivity contribution is 0.705. The van der Waals surface area contributed by atoms with E-state index in [1.807, 2.05) is 18.2 Å². The van der Waals surface area contributed by atoms with E-state index in [4.69, 9.17) is 2.74 Å². The van der Waals surface area contributed by atoms with Crippen molar-refractivity contribution in [1.29, 1.82) is 0 Å². The first-order chi connectivity index (χ1) is 13.1. The van der Waals surface area contributed by atoms with Crippen molar-refractivity contribution in [2.45, 2.75) is 32.6 Å². The number of hydrogen-bond acceptors (Lipinski definition) is 0. The molecular weight excluding hydrogens is 319 g/mol. The van der Waals surface area contributed by atoms with E-state index in [9.17, 15) is 0 Å². The minimum Gasteiger partial charge on any atom is -0.0654 e. The molecule has 1 heteroatoms. The van der Waals surface area contributed by atoms with Gasteiger partial charge >= 0.3 is 0 Å². The SMILES string of the molecule is [2H]C([2H])(CCCC)C[P+](c1ccccc1)(c1ccccc1)c1ccccc1. The second-order valence-corrected chi connectivity index (χ2v) is 9.81. The molecule has 0 fully saturated rings. The number of unbranched alkanes of at least 4 members (excludes halogenated alkanes) is 1. The third kappa shape index (κ3) is 4.02.